The molecule has 1 saturated carbocycles. The summed E-state index contributed by atoms with van der Waals surface area (Å²) in [4.78, 5) is 0. The van der Waals surface area contributed by atoms with Gasteiger partial charge in [0.2, 0.25) is 0 Å². The number of nitrogen functional groups attached to an aromatic ring is 1. The topological polar surface area (TPSA) is 38.0 Å². The molecule has 1 fully saturated rings. The van der Waals surface area contributed by atoms with E-state index in [0.717, 1.165) is 18.7 Å². The largest absolute Gasteiger partial charge is 0.399 e. The van der Waals surface area contributed by atoms with Gasteiger partial charge in [0.25, 0.3) is 0 Å². The molecular weight excluding hydrogens is 196 g/mol. The molecule has 0 heterocycles. The highest BCUT2D eigenvalue weighted by atomic mass is 14.9. The number of benzene rings is 1. The van der Waals surface area contributed by atoms with E-state index in [0.29, 0.717) is 11.5 Å². The number of rotatable bonds is 4. The lowest BCUT2D eigenvalue weighted by molar-refractivity contribution is 0.110. The second kappa shape index (κ2) is 4.46. The normalized spacial score (nSPS) is 22.8. The van der Waals surface area contributed by atoms with E-state index in [-0.39, 0.29) is 0 Å². The maximum Gasteiger partial charge on any atom is 0.0314 e. The van der Waals surface area contributed by atoms with E-state index >= 15 is 0 Å². The standard InChI is InChI=1S/C14H22N2/c1-14(2)9-7-13(14)16-10-8-11-3-5-12(15)6-4-11/h3-6,13,16H,7-10,15H2,1-2H3. The van der Waals surface area contributed by atoms with Crippen LogP contribution in [0.15, 0.2) is 24.3 Å². The first-order chi connectivity index (χ1) is 7.58. The highest BCUT2D eigenvalue weighted by Gasteiger charge is 2.37. The van der Waals surface area contributed by atoms with Gasteiger partial charge in [-0.15, -0.1) is 0 Å². The SMILES string of the molecule is CC1(C)CCC1NCCc1ccc(N)cc1. The minimum Gasteiger partial charge on any atom is -0.399 e. The molecule has 0 aromatic heterocycles. The second-order valence-corrected chi connectivity index (χ2v) is 5.53. The monoisotopic (exact) mass is 218 g/mol. The molecule has 16 heavy (non-hydrogen) atoms. The molecule has 0 bridgehead atoms. The van der Waals surface area contributed by atoms with Crippen LogP contribution in [0.2, 0.25) is 0 Å². The summed E-state index contributed by atoms with van der Waals surface area (Å²) in [6.07, 6.45) is 3.77. The van der Waals surface area contributed by atoms with Gasteiger partial charge in [-0.25, -0.2) is 0 Å². The van der Waals surface area contributed by atoms with Gasteiger partial charge in [0, 0.05) is 11.7 Å². The molecule has 1 unspecified atom stereocenters. The molecule has 1 atom stereocenters. The molecule has 3 N–H and O–H groups in total. The summed E-state index contributed by atoms with van der Waals surface area (Å²) < 4.78 is 0. The lowest BCUT2D eigenvalue weighted by Gasteiger charge is -2.45. The van der Waals surface area contributed by atoms with Gasteiger partial charge in [-0.3, -0.25) is 0 Å². The predicted molar refractivity (Wildman–Crippen MR) is 69.4 cm³/mol. The summed E-state index contributed by atoms with van der Waals surface area (Å²) in [5.74, 6) is 0. The summed E-state index contributed by atoms with van der Waals surface area (Å²) in [7, 11) is 0. The lowest BCUT2D eigenvalue weighted by Crippen LogP contribution is -2.50. The molecule has 2 heteroatoms. The molecular formula is C14H22N2. The molecule has 2 nitrogen and oxygen atoms in total. The third-order valence-corrected chi connectivity index (χ3v) is 3.80. The van der Waals surface area contributed by atoms with Gasteiger partial charge < -0.3 is 11.1 Å². The third-order valence-electron chi connectivity index (χ3n) is 3.80. The molecule has 0 amide bonds. The first kappa shape index (κ1) is 11.5. The summed E-state index contributed by atoms with van der Waals surface area (Å²) in [6, 6.07) is 8.89. The van der Waals surface area contributed by atoms with Crippen molar-refractivity contribution in [1.29, 1.82) is 0 Å². The Kier molecular flexibility index (Phi) is 3.20. The van der Waals surface area contributed by atoms with Gasteiger partial charge in [-0.1, -0.05) is 26.0 Å². The number of anilines is 1. The van der Waals surface area contributed by atoms with Crippen molar-refractivity contribution >= 4 is 5.69 Å². The smallest absolute Gasteiger partial charge is 0.0314 e. The Labute approximate surface area is 98.2 Å². The van der Waals surface area contributed by atoms with Crippen LogP contribution >= 0.6 is 0 Å². The minimum absolute atomic E-state index is 0.501. The summed E-state index contributed by atoms with van der Waals surface area (Å²) >= 11 is 0. The van der Waals surface area contributed by atoms with E-state index in [2.05, 4.69) is 31.3 Å². The Balaban J connectivity index is 1.74. The zero-order valence-corrected chi connectivity index (χ0v) is 10.3. The van der Waals surface area contributed by atoms with Crippen LogP contribution in [0.3, 0.4) is 0 Å². The van der Waals surface area contributed by atoms with E-state index in [1.54, 1.807) is 0 Å². The Morgan fingerprint density at radius 1 is 1.31 bits per heavy atom. The van der Waals surface area contributed by atoms with E-state index in [4.69, 9.17) is 5.73 Å². The van der Waals surface area contributed by atoms with Crippen LogP contribution in [0.25, 0.3) is 0 Å². The lowest BCUT2D eigenvalue weighted by atomic mass is 9.67. The molecule has 0 radical (unpaired) electrons. The van der Waals surface area contributed by atoms with Crippen LogP contribution in [0.4, 0.5) is 5.69 Å². The Morgan fingerprint density at radius 3 is 2.50 bits per heavy atom. The fourth-order valence-corrected chi connectivity index (χ4v) is 2.32. The first-order valence-corrected chi connectivity index (χ1v) is 6.16. The second-order valence-electron chi connectivity index (χ2n) is 5.53. The average molecular weight is 218 g/mol. The van der Waals surface area contributed by atoms with Crippen molar-refractivity contribution in [1.82, 2.24) is 5.32 Å². The number of hydrogen-bond donors (Lipinski definition) is 2. The molecule has 88 valence electrons. The number of nitrogens with one attached hydrogen (secondary N) is 1. The van der Waals surface area contributed by atoms with Crippen molar-refractivity contribution in [2.24, 2.45) is 5.41 Å². The van der Waals surface area contributed by atoms with Gasteiger partial charge in [-0.05, 0) is 48.9 Å². The van der Waals surface area contributed by atoms with E-state index in [1.165, 1.54) is 18.4 Å². The number of hydrogen-bond acceptors (Lipinski definition) is 2. The molecule has 0 saturated heterocycles. The summed E-state index contributed by atoms with van der Waals surface area (Å²) in [5, 5.41) is 3.64. The minimum atomic E-state index is 0.501. The van der Waals surface area contributed by atoms with Crippen LogP contribution < -0.4 is 11.1 Å². The van der Waals surface area contributed by atoms with Crippen molar-refractivity contribution in [3.63, 3.8) is 0 Å². The van der Waals surface area contributed by atoms with E-state index < -0.39 is 0 Å². The third kappa shape index (κ3) is 2.56. The van der Waals surface area contributed by atoms with Crippen molar-refractivity contribution in [2.75, 3.05) is 12.3 Å². The zero-order valence-electron chi connectivity index (χ0n) is 10.3. The molecule has 0 spiro atoms. The Bertz CT molecular complexity index is 340. The summed E-state index contributed by atoms with van der Waals surface area (Å²) in [5.41, 5.74) is 8.36. The Hall–Kier alpha value is -1.02. The van der Waals surface area contributed by atoms with Gasteiger partial charge in [0.15, 0.2) is 0 Å². The maximum absolute atomic E-state index is 5.65. The highest BCUT2D eigenvalue weighted by molar-refractivity contribution is 5.39. The van der Waals surface area contributed by atoms with Crippen LogP contribution in [0.1, 0.15) is 32.3 Å². The van der Waals surface area contributed by atoms with Gasteiger partial charge >= 0.3 is 0 Å². The number of nitrogens with two attached hydrogens (primary N) is 1. The van der Waals surface area contributed by atoms with Crippen LogP contribution in [0, 0.1) is 5.41 Å². The summed E-state index contributed by atoms with van der Waals surface area (Å²) in [6.45, 7) is 5.76. The van der Waals surface area contributed by atoms with Crippen molar-refractivity contribution < 1.29 is 0 Å². The fraction of sp³-hybridized carbons (Fsp3) is 0.571. The maximum atomic E-state index is 5.65. The molecule has 1 aromatic carbocycles. The quantitative estimate of drug-likeness (QED) is 0.762. The van der Waals surface area contributed by atoms with Gasteiger partial charge in [0.1, 0.15) is 0 Å². The first-order valence-electron chi connectivity index (χ1n) is 6.16. The molecule has 1 aliphatic rings. The van der Waals surface area contributed by atoms with Crippen molar-refractivity contribution in [3.8, 4) is 0 Å². The van der Waals surface area contributed by atoms with Crippen molar-refractivity contribution in [3.05, 3.63) is 29.8 Å². The highest BCUT2D eigenvalue weighted by Crippen LogP contribution is 2.39. The van der Waals surface area contributed by atoms with Gasteiger partial charge in [-0.2, -0.15) is 0 Å². The average Bonchev–Trinajstić information content (AvgIpc) is 2.25. The van der Waals surface area contributed by atoms with Crippen LogP contribution in [-0.2, 0) is 6.42 Å². The molecule has 0 aliphatic heterocycles. The van der Waals surface area contributed by atoms with Crippen molar-refractivity contribution in [2.45, 2.75) is 39.2 Å². The zero-order chi connectivity index (χ0) is 11.6. The van der Waals surface area contributed by atoms with E-state index in [1.807, 2.05) is 12.1 Å². The molecule has 1 aliphatic carbocycles. The van der Waals surface area contributed by atoms with Gasteiger partial charge in [0.05, 0.1) is 0 Å². The predicted octanol–water partition coefficient (Wildman–Crippen LogP) is 2.59. The van der Waals surface area contributed by atoms with Crippen LogP contribution in [-0.4, -0.2) is 12.6 Å². The fourth-order valence-electron chi connectivity index (χ4n) is 2.32. The van der Waals surface area contributed by atoms with E-state index in [9.17, 15) is 0 Å². The molecule has 1 aromatic rings. The Morgan fingerprint density at radius 2 is 2.00 bits per heavy atom. The van der Waals surface area contributed by atoms with Crippen LogP contribution in [0.5, 0.6) is 0 Å². The molecule has 2 rings (SSSR count).